The second-order valence-electron chi connectivity index (χ2n) is 5.81. The van der Waals surface area contributed by atoms with Gasteiger partial charge in [-0.2, -0.15) is 13.2 Å². The first kappa shape index (κ1) is 16.3. The number of rotatable bonds is 7. The molecule has 1 atom stereocenters. The molecule has 0 heterocycles. The molecule has 1 unspecified atom stereocenters. The van der Waals surface area contributed by atoms with E-state index in [2.05, 4.69) is 11.8 Å². The summed E-state index contributed by atoms with van der Waals surface area (Å²) in [5.41, 5.74) is 6.16. The van der Waals surface area contributed by atoms with Crippen molar-refractivity contribution in [3.63, 3.8) is 0 Å². The predicted molar refractivity (Wildman–Crippen MR) is 77.8 cm³/mol. The monoisotopic (exact) mass is 300 g/mol. The van der Waals surface area contributed by atoms with Crippen molar-refractivity contribution < 1.29 is 13.2 Å². The lowest BCUT2D eigenvalue weighted by Crippen LogP contribution is -2.36. The molecular formula is C16H23F3N2. The van der Waals surface area contributed by atoms with E-state index in [4.69, 9.17) is 5.73 Å². The van der Waals surface area contributed by atoms with Crippen LogP contribution in [0.15, 0.2) is 24.3 Å². The molecule has 1 aliphatic carbocycles. The van der Waals surface area contributed by atoms with E-state index in [-0.39, 0.29) is 6.04 Å². The molecule has 1 saturated carbocycles. The first-order valence-electron chi connectivity index (χ1n) is 7.57. The third-order valence-corrected chi connectivity index (χ3v) is 3.99. The molecule has 0 amide bonds. The summed E-state index contributed by atoms with van der Waals surface area (Å²) in [6.45, 7) is 4.47. The third-order valence-electron chi connectivity index (χ3n) is 3.99. The highest BCUT2D eigenvalue weighted by atomic mass is 19.4. The summed E-state index contributed by atoms with van der Waals surface area (Å²) in [5, 5.41) is 0. The van der Waals surface area contributed by atoms with Crippen LogP contribution in [-0.2, 0) is 6.18 Å². The second kappa shape index (κ2) is 6.79. The van der Waals surface area contributed by atoms with Crippen LogP contribution in [-0.4, -0.2) is 24.5 Å². The maximum atomic E-state index is 12.6. The van der Waals surface area contributed by atoms with E-state index in [1.54, 1.807) is 12.1 Å². The number of benzene rings is 1. The molecule has 2 N–H and O–H groups in total. The number of halogens is 3. The van der Waals surface area contributed by atoms with Gasteiger partial charge in [-0.3, -0.25) is 4.90 Å². The quantitative estimate of drug-likeness (QED) is 0.829. The molecule has 2 rings (SSSR count). The van der Waals surface area contributed by atoms with Gasteiger partial charge in [0.2, 0.25) is 0 Å². The molecule has 0 bridgehead atoms. The minimum atomic E-state index is -4.28. The predicted octanol–water partition coefficient (Wildman–Crippen LogP) is 3.83. The van der Waals surface area contributed by atoms with Crippen LogP contribution in [0.4, 0.5) is 13.2 Å². The van der Waals surface area contributed by atoms with Gasteiger partial charge in [0.25, 0.3) is 0 Å². The van der Waals surface area contributed by atoms with E-state index in [1.807, 2.05) is 0 Å². The molecule has 1 aromatic rings. The molecule has 5 heteroatoms. The largest absolute Gasteiger partial charge is 0.416 e. The SMILES string of the molecule is CCCN(CC1CC1)C(CN)c1ccc(C(F)(F)F)cc1. The van der Waals surface area contributed by atoms with Crippen LogP contribution in [0.5, 0.6) is 0 Å². The molecule has 0 aliphatic heterocycles. The molecule has 1 fully saturated rings. The van der Waals surface area contributed by atoms with Crippen molar-refractivity contribution in [2.45, 2.75) is 38.4 Å². The van der Waals surface area contributed by atoms with Crippen molar-refractivity contribution in [2.24, 2.45) is 11.7 Å². The molecule has 2 nitrogen and oxygen atoms in total. The molecule has 0 spiro atoms. The summed E-state index contributed by atoms with van der Waals surface area (Å²) in [5.74, 6) is 0.736. The van der Waals surface area contributed by atoms with Gasteiger partial charge in [0.15, 0.2) is 0 Å². The molecule has 1 aliphatic rings. The van der Waals surface area contributed by atoms with Gasteiger partial charge in [-0.1, -0.05) is 19.1 Å². The zero-order valence-corrected chi connectivity index (χ0v) is 12.4. The van der Waals surface area contributed by atoms with Crippen LogP contribution in [0.1, 0.15) is 43.4 Å². The van der Waals surface area contributed by atoms with Crippen LogP contribution in [0.2, 0.25) is 0 Å². The molecule has 0 saturated heterocycles. The highest BCUT2D eigenvalue weighted by molar-refractivity contribution is 5.27. The summed E-state index contributed by atoms with van der Waals surface area (Å²) >= 11 is 0. The smallest absolute Gasteiger partial charge is 0.329 e. The number of hydrogen-bond acceptors (Lipinski definition) is 2. The summed E-state index contributed by atoms with van der Waals surface area (Å²) in [7, 11) is 0. The Morgan fingerprint density at radius 1 is 1.24 bits per heavy atom. The number of nitrogens with zero attached hydrogens (tertiary/aromatic N) is 1. The zero-order valence-electron chi connectivity index (χ0n) is 12.4. The standard InChI is InChI=1S/C16H23F3N2/c1-2-9-21(11-12-3-4-12)15(10-20)13-5-7-14(8-6-13)16(17,18)19/h5-8,12,15H,2-4,9-11,20H2,1H3. The minimum absolute atomic E-state index is 0.00725. The summed E-state index contributed by atoms with van der Waals surface area (Å²) in [6.07, 6.45) is -0.757. The van der Waals surface area contributed by atoms with Crippen LogP contribution in [0.25, 0.3) is 0 Å². The fraction of sp³-hybridized carbons (Fsp3) is 0.625. The molecule has 118 valence electrons. The van der Waals surface area contributed by atoms with Gasteiger partial charge in [0, 0.05) is 19.1 Å². The van der Waals surface area contributed by atoms with Crippen LogP contribution < -0.4 is 5.73 Å². The van der Waals surface area contributed by atoms with Crippen molar-refractivity contribution in [3.8, 4) is 0 Å². The normalized spacial score (nSPS) is 17.2. The first-order valence-corrected chi connectivity index (χ1v) is 7.57. The Kier molecular flexibility index (Phi) is 5.27. The Balaban J connectivity index is 2.14. The average molecular weight is 300 g/mol. The highest BCUT2D eigenvalue weighted by Crippen LogP contribution is 2.34. The lowest BCUT2D eigenvalue weighted by molar-refractivity contribution is -0.137. The Hall–Kier alpha value is -1.07. The molecule has 0 radical (unpaired) electrons. The molecule has 21 heavy (non-hydrogen) atoms. The number of hydrogen-bond donors (Lipinski definition) is 1. The van der Waals surface area contributed by atoms with Crippen LogP contribution in [0.3, 0.4) is 0 Å². The van der Waals surface area contributed by atoms with E-state index < -0.39 is 11.7 Å². The Labute approximate surface area is 124 Å². The van der Waals surface area contributed by atoms with E-state index >= 15 is 0 Å². The Morgan fingerprint density at radius 2 is 1.86 bits per heavy atom. The molecular weight excluding hydrogens is 277 g/mol. The summed E-state index contributed by atoms with van der Waals surface area (Å²) < 4.78 is 37.9. The van der Waals surface area contributed by atoms with Crippen molar-refractivity contribution in [1.29, 1.82) is 0 Å². The Morgan fingerprint density at radius 3 is 2.29 bits per heavy atom. The number of alkyl halides is 3. The van der Waals surface area contributed by atoms with Gasteiger partial charge in [0.1, 0.15) is 0 Å². The fourth-order valence-electron chi connectivity index (χ4n) is 2.68. The van der Waals surface area contributed by atoms with E-state index in [1.165, 1.54) is 12.8 Å². The Bertz CT molecular complexity index is 438. The second-order valence-corrected chi connectivity index (χ2v) is 5.81. The molecule has 0 aromatic heterocycles. The summed E-state index contributed by atoms with van der Waals surface area (Å²) in [4.78, 5) is 2.32. The lowest BCUT2D eigenvalue weighted by atomic mass is 10.0. The summed E-state index contributed by atoms with van der Waals surface area (Å²) in [6, 6.07) is 5.44. The van der Waals surface area contributed by atoms with Gasteiger partial charge in [0.05, 0.1) is 5.56 Å². The third kappa shape index (κ3) is 4.45. The minimum Gasteiger partial charge on any atom is -0.329 e. The van der Waals surface area contributed by atoms with Crippen molar-refractivity contribution >= 4 is 0 Å². The van der Waals surface area contributed by atoms with Gasteiger partial charge < -0.3 is 5.73 Å². The van der Waals surface area contributed by atoms with E-state index in [9.17, 15) is 13.2 Å². The van der Waals surface area contributed by atoms with Crippen molar-refractivity contribution in [2.75, 3.05) is 19.6 Å². The maximum Gasteiger partial charge on any atom is 0.416 e. The van der Waals surface area contributed by atoms with Gasteiger partial charge in [-0.05, 0) is 49.4 Å². The lowest BCUT2D eigenvalue weighted by Gasteiger charge is -2.31. The van der Waals surface area contributed by atoms with Crippen LogP contribution >= 0.6 is 0 Å². The maximum absolute atomic E-state index is 12.6. The van der Waals surface area contributed by atoms with E-state index in [0.717, 1.165) is 43.1 Å². The topological polar surface area (TPSA) is 29.3 Å². The van der Waals surface area contributed by atoms with Gasteiger partial charge in [-0.25, -0.2) is 0 Å². The van der Waals surface area contributed by atoms with Crippen molar-refractivity contribution in [3.05, 3.63) is 35.4 Å². The first-order chi connectivity index (χ1) is 9.95. The van der Waals surface area contributed by atoms with E-state index in [0.29, 0.717) is 6.54 Å². The molecule has 1 aromatic carbocycles. The van der Waals surface area contributed by atoms with Gasteiger partial charge in [-0.15, -0.1) is 0 Å². The van der Waals surface area contributed by atoms with Crippen LogP contribution in [0, 0.1) is 5.92 Å². The van der Waals surface area contributed by atoms with Gasteiger partial charge >= 0.3 is 6.18 Å². The zero-order chi connectivity index (χ0) is 15.5. The fourth-order valence-corrected chi connectivity index (χ4v) is 2.68. The number of nitrogens with two attached hydrogens (primary N) is 1. The van der Waals surface area contributed by atoms with Crippen molar-refractivity contribution in [1.82, 2.24) is 4.90 Å². The highest BCUT2D eigenvalue weighted by Gasteiger charge is 2.31. The average Bonchev–Trinajstić information content (AvgIpc) is 3.23.